The third-order valence-corrected chi connectivity index (χ3v) is 6.52. The number of nitrogens with zero attached hydrogens (tertiary/aromatic N) is 5. The summed E-state index contributed by atoms with van der Waals surface area (Å²) < 4.78 is 17.2. The number of hydrogen-bond acceptors (Lipinski definition) is 5. The van der Waals surface area contributed by atoms with Crippen LogP contribution in [0.5, 0.6) is 0 Å². The maximum absolute atomic E-state index is 15.1. The molecule has 0 amide bonds. The third kappa shape index (κ3) is 3.72. The van der Waals surface area contributed by atoms with Crippen molar-refractivity contribution >= 4 is 28.0 Å². The summed E-state index contributed by atoms with van der Waals surface area (Å²) in [6.07, 6.45) is 4.18. The van der Waals surface area contributed by atoms with Gasteiger partial charge in [-0.2, -0.15) is 4.98 Å². The van der Waals surface area contributed by atoms with Crippen molar-refractivity contribution in [1.29, 1.82) is 0 Å². The van der Waals surface area contributed by atoms with Gasteiger partial charge in [-0.3, -0.25) is 0 Å². The molecule has 2 N–H and O–H groups in total. The van der Waals surface area contributed by atoms with Crippen LogP contribution in [0.4, 0.5) is 10.3 Å². The lowest BCUT2D eigenvalue weighted by Crippen LogP contribution is -2.33. The Morgan fingerprint density at radius 2 is 1.97 bits per heavy atom. The molecule has 0 spiro atoms. The van der Waals surface area contributed by atoms with Crippen molar-refractivity contribution in [2.24, 2.45) is 5.92 Å². The Balaban J connectivity index is 1.54. The van der Waals surface area contributed by atoms with Crippen LogP contribution < -0.4 is 5.32 Å². The number of nitrogens with one attached hydrogen (secondary N) is 2. The van der Waals surface area contributed by atoms with E-state index in [9.17, 15) is 0 Å². The lowest BCUT2D eigenvalue weighted by atomic mass is 9.97. The molecule has 0 saturated carbocycles. The maximum atomic E-state index is 15.1. The van der Waals surface area contributed by atoms with Gasteiger partial charge in [0.25, 0.3) is 0 Å². The van der Waals surface area contributed by atoms with Crippen LogP contribution in [0.3, 0.4) is 0 Å². The van der Waals surface area contributed by atoms with Crippen molar-refractivity contribution in [2.75, 3.05) is 32.0 Å². The molecule has 8 heteroatoms. The summed E-state index contributed by atoms with van der Waals surface area (Å²) in [7, 11) is 2.17. The van der Waals surface area contributed by atoms with Crippen molar-refractivity contribution in [3.63, 3.8) is 0 Å². The molecule has 0 unspecified atom stereocenters. The number of aryl methyl sites for hydroxylation is 1. The SMILES string of the molecule is Cc1nc2c(F)cc(-c3nc(NCC4CCN(C)CC4)nc4[nH]ccc34)cc2n1C(C)C. The second-order valence-corrected chi connectivity index (χ2v) is 9.21. The van der Waals surface area contributed by atoms with E-state index in [1.54, 1.807) is 0 Å². The number of likely N-dealkylation sites (tertiary alicyclic amines) is 1. The van der Waals surface area contributed by atoms with E-state index in [0.29, 0.717) is 17.4 Å². The molecule has 1 aromatic carbocycles. The van der Waals surface area contributed by atoms with Crippen molar-refractivity contribution in [3.8, 4) is 11.3 Å². The van der Waals surface area contributed by atoms with Gasteiger partial charge < -0.3 is 19.8 Å². The van der Waals surface area contributed by atoms with Gasteiger partial charge in [0.05, 0.1) is 11.2 Å². The van der Waals surface area contributed by atoms with Crippen LogP contribution in [-0.2, 0) is 0 Å². The number of aromatic amines is 1. The minimum atomic E-state index is -0.330. The minimum absolute atomic E-state index is 0.180. The van der Waals surface area contributed by atoms with E-state index < -0.39 is 0 Å². The van der Waals surface area contributed by atoms with Crippen molar-refractivity contribution in [3.05, 3.63) is 36.0 Å². The standard InChI is InChI=1S/C24H30FN7/c1-14(2)32-15(3)28-22-19(25)11-17(12-20(22)32)21-18-5-8-26-23(18)30-24(29-21)27-13-16-6-9-31(4)10-7-16/h5,8,11-12,14,16H,6-7,9-10,13H2,1-4H3,(H2,26,27,29,30). The first-order valence-corrected chi connectivity index (χ1v) is 11.4. The minimum Gasteiger partial charge on any atom is -0.354 e. The van der Waals surface area contributed by atoms with E-state index in [2.05, 4.69) is 50.6 Å². The second kappa shape index (κ2) is 8.16. The van der Waals surface area contributed by atoms with Gasteiger partial charge in [0.2, 0.25) is 5.95 Å². The average molecular weight is 436 g/mol. The van der Waals surface area contributed by atoms with Crippen molar-refractivity contribution in [2.45, 2.75) is 39.7 Å². The fraction of sp³-hybridized carbons (Fsp3) is 0.458. The predicted molar refractivity (Wildman–Crippen MR) is 126 cm³/mol. The van der Waals surface area contributed by atoms with Crippen LogP contribution in [0.15, 0.2) is 24.4 Å². The van der Waals surface area contributed by atoms with Crippen molar-refractivity contribution in [1.82, 2.24) is 29.4 Å². The highest BCUT2D eigenvalue weighted by molar-refractivity contribution is 5.94. The Kier molecular flexibility index (Phi) is 5.33. The Morgan fingerprint density at radius 3 is 2.72 bits per heavy atom. The molecule has 4 aromatic rings. The molecule has 7 nitrogen and oxygen atoms in total. The summed E-state index contributed by atoms with van der Waals surface area (Å²) in [6, 6.07) is 5.65. The summed E-state index contributed by atoms with van der Waals surface area (Å²) in [5, 5.41) is 4.31. The fourth-order valence-electron chi connectivity index (χ4n) is 4.80. The van der Waals surface area contributed by atoms with Gasteiger partial charge in [0.1, 0.15) is 17.0 Å². The van der Waals surface area contributed by atoms with Gasteiger partial charge in [-0.15, -0.1) is 0 Å². The zero-order chi connectivity index (χ0) is 22.4. The normalized spacial score (nSPS) is 15.9. The number of rotatable bonds is 5. The van der Waals surface area contributed by atoms with Crippen LogP contribution in [0, 0.1) is 18.7 Å². The van der Waals surface area contributed by atoms with Gasteiger partial charge in [-0.1, -0.05) is 0 Å². The summed E-state index contributed by atoms with van der Waals surface area (Å²) in [4.78, 5) is 19.5. The van der Waals surface area contributed by atoms with E-state index in [1.165, 1.54) is 18.9 Å². The first-order valence-electron chi connectivity index (χ1n) is 11.4. The highest BCUT2D eigenvalue weighted by Gasteiger charge is 2.20. The quantitative estimate of drug-likeness (QED) is 0.473. The Bertz CT molecular complexity index is 1260. The Labute approximate surface area is 187 Å². The Morgan fingerprint density at radius 1 is 1.19 bits per heavy atom. The van der Waals surface area contributed by atoms with Crippen LogP contribution >= 0.6 is 0 Å². The molecule has 4 heterocycles. The van der Waals surface area contributed by atoms with Gasteiger partial charge in [-0.25, -0.2) is 14.4 Å². The van der Waals surface area contributed by atoms with Crippen LogP contribution in [0.25, 0.3) is 33.3 Å². The number of hydrogen-bond donors (Lipinski definition) is 2. The molecule has 0 bridgehead atoms. The highest BCUT2D eigenvalue weighted by Crippen LogP contribution is 2.32. The van der Waals surface area contributed by atoms with E-state index >= 15 is 4.39 Å². The molecule has 0 aliphatic carbocycles. The number of halogens is 1. The van der Waals surface area contributed by atoms with Crippen LogP contribution in [0.1, 0.15) is 38.6 Å². The molecule has 168 valence electrons. The van der Waals surface area contributed by atoms with E-state index in [0.717, 1.165) is 53.3 Å². The van der Waals surface area contributed by atoms with E-state index in [4.69, 9.17) is 4.98 Å². The monoisotopic (exact) mass is 435 g/mol. The molecule has 32 heavy (non-hydrogen) atoms. The highest BCUT2D eigenvalue weighted by atomic mass is 19.1. The molecule has 3 aromatic heterocycles. The third-order valence-electron chi connectivity index (χ3n) is 6.52. The second-order valence-electron chi connectivity index (χ2n) is 9.21. The summed E-state index contributed by atoms with van der Waals surface area (Å²) in [6.45, 7) is 9.16. The summed E-state index contributed by atoms with van der Waals surface area (Å²) >= 11 is 0. The largest absolute Gasteiger partial charge is 0.354 e. The molecular weight excluding hydrogens is 405 g/mol. The zero-order valence-electron chi connectivity index (χ0n) is 19.1. The number of anilines is 1. The molecule has 1 saturated heterocycles. The van der Waals surface area contributed by atoms with E-state index in [1.807, 2.05) is 25.3 Å². The smallest absolute Gasteiger partial charge is 0.225 e. The Hall–Kier alpha value is -3.00. The first-order chi connectivity index (χ1) is 15.4. The molecule has 1 aliphatic rings. The van der Waals surface area contributed by atoms with Gasteiger partial charge in [0, 0.05) is 29.7 Å². The van der Waals surface area contributed by atoms with Crippen LogP contribution in [0.2, 0.25) is 0 Å². The average Bonchev–Trinajstić information content (AvgIpc) is 3.36. The number of aromatic nitrogens is 5. The zero-order valence-corrected chi connectivity index (χ0v) is 19.1. The maximum Gasteiger partial charge on any atom is 0.225 e. The van der Waals surface area contributed by atoms with Gasteiger partial charge in [0.15, 0.2) is 5.82 Å². The topological polar surface area (TPSA) is 74.7 Å². The van der Waals surface area contributed by atoms with Gasteiger partial charge >= 0.3 is 0 Å². The van der Waals surface area contributed by atoms with E-state index in [-0.39, 0.29) is 11.9 Å². The molecular formula is C24H30FN7. The predicted octanol–water partition coefficient (Wildman–Crippen LogP) is 4.76. The summed E-state index contributed by atoms with van der Waals surface area (Å²) in [5.41, 5.74) is 3.38. The molecule has 1 fully saturated rings. The lowest BCUT2D eigenvalue weighted by molar-refractivity contribution is 0.226. The number of H-pyrrole nitrogens is 1. The fourth-order valence-corrected chi connectivity index (χ4v) is 4.80. The molecule has 1 aliphatic heterocycles. The van der Waals surface area contributed by atoms with Crippen LogP contribution in [-0.4, -0.2) is 56.1 Å². The number of piperidine rings is 1. The lowest BCUT2D eigenvalue weighted by Gasteiger charge is -2.28. The molecule has 5 rings (SSSR count). The number of imidazole rings is 1. The molecule has 0 atom stereocenters. The molecule has 0 radical (unpaired) electrons. The van der Waals surface area contributed by atoms with Crippen molar-refractivity contribution < 1.29 is 4.39 Å². The van der Waals surface area contributed by atoms with Gasteiger partial charge in [-0.05, 0) is 77.9 Å². The number of benzene rings is 1. The first kappa shape index (κ1) is 20.9. The number of fused-ring (bicyclic) bond motifs is 2. The summed E-state index contributed by atoms with van der Waals surface area (Å²) in [5.74, 6) is 1.65.